The molecule has 16 heavy (non-hydrogen) atoms. The summed E-state index contributed by atoms with van der Waals surface area (Å²) in [6.07, 6.45) is 5.01. The number of hydrogen-bond acceptors (Lipinski definition) is 2. The van der Waals surface area contributed by atoms with Crippen molar-refractivity contribution in [3.8, 4) is 0 Å². The van der Waals surface area contributed by atoms with Gasteiger partial charge in [0.1, 0.15) is 0 Å². The number of amidine groups is 1. The fraction of sp³-hybridized carbons (Fsp3) is 0.583. The maximum absolute atomic E-state index is 8.17. The van der Waals surface area contributed by atoms with Crippen LogP contribution in [0.25, 0.3) is 0 Å². The topological polar surface area (TPSA) is 27.1 Å². The first kappa shape index (κ1) is 12.1. The summed E-state index contributed by atoms with van der Waals surface area (Å²) < 4.78 is 1.15. The van der Waals surface area contributed by atoms with E-state index in [0.29, 0.717) is 5.92 Å². The Morgan fingerprint density at radius 1 is 1.56 bits per heavy atom. The Morgan fingerprint density at radius 2 is 2.25 bits per heavy atom. The zero-order chi connectivity index (χ0) is 11.5. The summed E-state index contributed by atoms with van der Waals surface area (Å²) in [6.45, 7) is 0.867. The average Bonchev–Trinajstić information content (AvgIpc) is 2.88. The predicted molar refractivity (Wildman–Crippen MR) is 73.2 cm³/mol. The lowest BCUT2D eigenvalue weighted by Crippen LogP contribution is -2.30. The van der Waals surface area contributed by atoms with Crippen LogP contribution in [-0.2, 0) is 6.54 Å². The summed E-state index contributed by atoms with van der Waals surface area (Å²) in [5.74, 6) is 1.33. The SMILES string of the molecule is CN(Cc1cc(Br)cs1)C(=N)C1CCCC1. The van der Waals surface area contributed by atoms with Gasteiger partial charge < -0.3 is 4.90 Å². The van der Waals surface area contributed by atoms with E-state index in [1.54, 1.807) is 11.3 Å². The van der Waals surface area contributed by atoms with Crippen LogP contribution in [0.3, 0.4) is 0 Å². The van der Waals surface area contributed by atoms with E-state index in [4.69, 9.17) is 5.41 Å². The smallest absolute Gasteiger partial charge is 0.0990 e. The largest absolute Gasteiger partial charge is 0.358 e. The van der Waals surface area contributed by atoms with Crippen LogP contribution in [0.4, 0.5) is 0 Å². The van der Waals surface area contributed by atoms with Gasteiger partial charge in [-0.15, -0.1) is 11.3 Å². The van der Waals surface area contributed by atoms with Crippen molar-refractivity contribution in [2.45, 2.75) is 32.2 Å². The van der Waals surface area contributed by atoms with E-state index in [1.807, 2.05) is 7.05 Å². The molecule has 1 N–H and O–H groups in total. The first-order valence-electron chi connectivity index (χ1n) is 5.69. The van der Waals surface area contributed by atoms with Gasteiger partial charge in [-0.2, -0.15) is 0 Å². The zero-order valence-corrected chi connectivity index (χ0v) is 11.9. The fourth-order valence-corrected chi connectivity index (χ4v) is 3.77. The highest BCUT2D eigenvalue weighted by Gasteiger charge is 2.22. The van der Waals surface area contributed by atoms with E-state index in [1.165, 1.54) is 30.6 Å². The van der Waals surface area contributed by atoms with Crippen LogP contribution in [0.15, 0.2) is 15.9 Å². The van der Waals surface area contributed by atoms with Gasteiger partial charge in [-0.05, 0) is 34.8 Å². The van der Waals surface area contributed by atoms with E-state index in [9.17, 15) is 0 Å². The molecule has 0 bridgehead atoms. The number of nitrogens with zero attached hydrogens (tertiary/aromatic N) is 1. The second-order valence-corrected chi connectivity index (χ2v) is 6.37. The molecule has 0 saturated heterocycles. The van der Waals surface area contributed by atoms with Crippen molar-refractivity contribution < 1.29 is 0 Å². The fourth-order valence-electron chi connectivity index (χ4n) is 2.27. The molecule has 1 saturated carbocycles. The van der Waals surface area contributed by atoms with Gasteiger partial charge in [-0.1, -0.05) is 12.8 Å². The minimum Gasteiger partial charge on any atom is -0.358 e. The molecule has 0 spiro atoms. The molecule has 1 aliphatic carbocycles. The molecule has 0 atom stereocenters. The number of halogens is 1. The molecule has 2 nitrogen and oxygen atoms in total. The molecule has 1 aromatic heterocycles. The van der Waals surface area contributed by atoms with Gasteiger partial charge in [0.05, 0.1) is 12.4 Å². The monoisotopic (exact) mass is 300 g/mol. The molecule has 1 fully saturated rings. The van der Waals surface area contributed by atoms with Gasteiger partial charge in [0.2, 0.25) is 0 Å². The van der Waals surface area contributed by atoms with Crippen molar-refractivity contribution in [3.63, 3.8) is 0 Å². The molecule has 4 heteroatoms. The van der Waals surface area contributed by atoms with E-state index in [-0.39, 0.29) is 0 Å². The van der Waals surface area contributed by atoms with Crippen molar-refractivity contribution >= 4 is 33.1 Å². The van der Waals surface area contributed by atoms with Gasteiger partial charge in [0.15, 0.2) is 0 Å². The number of nitrogens with one attached hydrogen (secondary N) is 1. The summed E-state index contributed by atoms with van der Waals surface area (Å²) in [5.41, 5.74) is 0. The molecule has 0 amide bonds. The summed E-state index contributed by atoms with van der Waals surface area (Å²) in [6, 6.07) is 2.14. The van der Waals surface area contributed by atoms with Gasteiger partial charge in [0, 0.05) is 27.7 Å². The molecule has 2 rings (SSSR count). The maximum atomic E-state index is 8.17. The summed E-state index contributed by atoms with van der Waals surface area (Å²) in [7, 11) is 2.04. The summed E-state index contributed by atoms with van der Waals surface area (Å²) in [4.78, 5) is 3.41. The summed E-state index contributed by atoms with van der Waals surface area (Å²) >= 11 is 5.22. The van der Waals surface area contributed by atoms with Crippen LogP contribution in [0.5, 0.6) is 0 Å². The van der Waals surface area contributed by atoms with Crippen molar-refractivity contribution in [1.82, 2.24) is 4.90 Å². The van der Waals surface area contributed by atoms with Crippen LogP contribution in [0, 0.1) is 11.3 Å². The molecule has 1 aromatic rings. The highest BCUT2D eigenvalue weighted by atomic mass is 79.9. The van der Waals surface area contributed by atoms with Crippen LogP contribution in [-0.4, -0.2) is 17.8 Å². The quantitative estimate of drug-likeness (QED) is 0.660. The lowest BCUT2D eigenvalue weighted by atomic mass is 10.1. The van der Waals surface area contributed by atoms with Crippen molar-refractivity contribution in [2.75, 3.05) is 7.05 Å². The van der Waals surface area contributed by atoms with E-state index in [2.05, 4.69) is 32.3 Å². The van der Waals surface area contributed by atoms with E-state index >= 15 is 0 Å². The number of thiophene rings is 1. The van der Waals surface area contributed by atoms with Gasteiger partial charge >= 0.3 is 0 Å². The Bertz CT molecular complexity index is 369. The Morgan fingerprint density at radius 3 is 2.81 bits per heavy atom. The van der Waals surface area contributed by atoms with Crippen molar-refractivity contribution in [3.05, 3.63) is 20.8 Å². The minimum atomic E-state index is 0.508. The zero-order valence-electron chi connectivity index (χ0n) is 9.50. The average molecular weight is 301 g/mol. The first-order valence-corrected chi connectivity index (χ1v) is 7.36. The third kappa shape index (κ3) is 2.86. The van der Waals surface area contributed by atoms with Gasteiger partial charge in [-0.25, -0.2) is 0 Å². The second-order valence-electron chi connectivity index (χ2n) is 4.45. The first-order chi connectivity index (χ1) is 7.66. The Balaban J connectivity index is 1.91. The molecule has 0 aliphatic heterocycles. The molecule has 88 valence electrons. The second kappa shape index (κ2) is 5.32. The molecule has 0 radical (unpaired) electrons. The van der Waals surface area contributed by atoms with Crippen LogP contribution >= 0.6 is 27.3 Å². The molecular weight excluding hydrogens is 284 g/mol. The normalized spacial score (nSPS) is 16.6. The number of hydrogen-bond donors (Lipinski definition) is 1. The third-order valence-corrected chi connectivity index (χ3v) is 4.85. The molecular formula is C12H17BrN2S. The third-order valence-electron chi connectivity index (χ3n) is 3.17. The predicted octanol–water partition coefficient (Wildman–Crippen LogP) is 4.11. The van der Waals surface area contributed by atoms with E-state index < -0.39 is 0 Å². The molecule has 0 aromatic carbocycles. The van der Waals surface area contributed by atoms with Gasteiger partial charge in [0.25, 0.3) is 0 Å². The van der Waals surface area contributed by atoms with Crippen molar-refractivity contribution in [1.29, 1.82) is 5.41 Å². The van der Waals surface area contributed by atoms with E-state index in [0.717, 1.165) is 16.9 Å². The van der Waals surface area contributed by atoms with Crippen molar-refractivity contribution in [2.24, 2.45) is 5.92 Å². The van der Waals surface area contributed by atoms with Crippen LogP contribution < -0.4 is 0 Å². The highest BCUT2D eigenvalue weighted by Crippen LogP contribution is 2.27. The van der Waals surface area contributed by atoms with Gasteiger partial charge in [-0.3, -0.25) is 5.41 Å². The Kier molecular flexibility index (Phi) is 4.03. The maximum Gasteiger partial charge on any atom is 0.0990 e. The standard InChI is InChI=1S/C12H17BrN2S/c1-15(7-11-6-10(13)8-16-11)12(14)9-4-2-3-5-9/h6,8-9,14H,2-5,7H2,1H3. The lowest BCUT2D eigenvalue weighted by molar-refractivity contribution is 0.459. The lowest BCUT2D eigenvalue weighted by Gasteiger charge is -2.23. The Hall–Kier alpha value is -0.350. The molecule has 1 heterocycles. The van der Waals surface area contributed by atoms with Crippen LogP contribution in [0.2, 0.25) is 0 Å². The molecule has 0 unspecified atom stereocenters. The Labute approximate surface area is 109 Å². The summed E-state index contributed by atoms with van der Waals surface area (Å²) in [5, 5.41) is 10.3. The number of rotatable bonds is 3. The van der Waals surface area contributed by atoms with Crippen LogP contribution in [0.1, 0.15) is 30.6 Å². The minimum absolute atomic E-state index is 0.508. The molecule has 1 aliphatic rings. The highest BCUT2D eigenvalue weighted by molar-refractivity contribution is 9.10.